The van der Waals surface area contributed by atoms with Crippen LogP contribution < -0.4 is 10.3 Å². The van der Waals surface area contributed by atoms with Crippen LogP contribution in [0.25, 0.3) is 0 Å². The molecule has 0 fully saturated rings. The number of anilines is 2. The third-order valence-corrected chi connectivity index (χ3v) is 3.90. The van der Waals surface area contributed by atoms with Crippen LogP contribution in [-0.4, -0.2) is 19.8 Å². The second-order valence-electron chi connectivity index (χ2n) is 4.63. The van der Waals surface area contributed by atoms with Crippen LogP contribution in [0, 0.1) is 0 Å². The number of nitrogens with zero attached hydrogens (tertiary/aromatic N) is 2. The Morgan fingerprint density at radius 3 is 2.48 bits per heavy atom. The van der Waals surface area contributed by atoms with Gasteiger partial charge >= 0.3 is 0 Å². The summed E-state index contributed by atoms with van der Waals surface area (Å²) in [6.07, 6.45) is 0. The summed E-state index contributed by atoms with van der Waals surface area (Å²) >= 11 is 9.52. The quantitative estimate of drug-likeness (QED) is 0.609. The van der Waals surface area contributed by atoms with Gasteiger partial charge in [-0.2, -0.15) is 5.10 Å². The van der Waals surface area contributed by atoms with Crippen LogP contribution in [-0.2, 0) is 0 Å². The summed E-state index contributed by atoms with van der Waals surface area (Å²) < 4.78 is 1.05. The molecule has 0 aliphatic carbocycles. The molecule has 1 N–H and O–H groups in total. The topological polar surface area (TPSA) is 27.6 Å². The van der Waals surface area contributed by atoms with E-state index in [4.69, 9.17) is 11.6 Å². The Hall–Kier alpha value is -1.52. The Labute approximate surface area is 138 Å². The van der Waals surface area contributed by atoms with E-state index in [-0.39, 0.29) is 0 Å². The van der Waals surface area contributed by atoms with E-state index < -0.39 is 0 Å². The summed E-state index contributed by atoms with van der Waals surface area (Å²) in [5.41, 5.74) is 3.91. The molecule has 0 aliphatic rings. The zero-order valence-electron chi connectivity index (χ0n) is 12.2. The third kappa shape index (κ3) is 3.99. The summed E-state index contributed by atoms with van der Waals surface area (Å²) in [6.45, 7) is 1.97. The standard InChI is InChI=1S/C16H17BrClN3/c1-11(15-10-13(18)6-9-16(15)19-2)20-21(3)14-7-4-12(17)5-8-14/h4-10,19H,1-3H3/b20-11-. The van der Waals surface area contributed by atoms with Gasteiger partial charge in [-0.05, 0) is 49.4 Å². The lowest BCUT2D eigenvalue weighted by Gasteiger charge is -2.16. The smallest absolute Gasteiger partial charge is 0.0672 e. The van der Waals surface area contributed by atoms with E-state index in [9.17, 15) is 0 Å². The third-order valence-electron chi connectivity index (χ3n) is 3.14. The fourth-order valence-corrected chi connectivity index (χ4v) is 2.46. The molecule has 0 atom stereocenters. The lowest BCUT2D eigenvalue weighted by molar-refractivity contribution is 1.01. The van der Waals surface area contributed by atoms with Crippen LogP contribution in [0.5, 0.6) is 0 Å². The second-order valence-corrected chi connectivity index (χ2v) is 5.98. The van der Waals surface area contributed by atoms with Gasteiger partial charge in [-0.3, -0.25) is 5.01 Å². The van der Waals surface area contributed by atoms with Crippen molar-refractivity contribution in [3.63, 3.8) is 0 Å². The monoisotopic (exact) mass is 365 g/mol. The van der Waals surface area contributed by atoms with E-state index in [1.807, 2.05) is 68.5 Å². The molecule has 0 heterocycles. The largest absolute Gasteiger partial charge is 0.388 e. The minimum atomic E-state index is 0.699. The van der Waals surface area contributed by atoms with Crippen molar-refractivity contribution in [2.75, 3.05) is 24.4 Å². The maximum atomic E-state index is 6.09. The van der Waals surface area contributed by atoms with Crippen molar-refractivity contribution in [1.82, 2.24) is 0 Å². The molecule has 0 saturated heterocycles. The fraction of sp³-hybridized carbons (Fsp3) is 0.188. The van der Waals surface area contributed by atoms with Gasteiger partial charge in [0.2, 0.25) is 0 Å². The predicted octanol–water partition coefficient (Wildman–Crippen LogP) is 5.00. The maximum absolute atomic E-state index is 6.09. The summed E-state index contributed by atoms with van der Waals surface area (Å²) in [6, 6.07) is 13.8. The first kappa shape index (κ1) is 15.9. The van der Waals surface area contributed by atoms with Crippen molar-refractivity contribution >= 4 is 44.6 Å². The molecule has 0 aromatic heterocycles. The Bertz CT molecular complexity index is 653. The lowest BCUT2D eigenvalue weighted by atomic mass is 10.1. The van der Waals surface area contributed by atoms with Crippen molar-refractivity contribution < 1.29 is 0 Å². The Morgan fingerprint density at radius 1 is 1.19 bits per heavy atom. The average molecular weight is 367 g/mol. The van der Waals surface area contributed by atoms with E-state index in [0.29, 0.717) is 5.02 Å². The molecule has 0 bridgehead atoms. The molecule has 0 amide bonds. The first-order valence-corrected chi connectivity index (χ1v) is 7.70. The Balaban J connectivity index is 2.32. The lowest BCUT2D eigenvalue weighted by Crippen LogP contribution is -2.13. The van der Waals surface area contributed by atoms with Crippen molar-refractivity contribution in [3.05, 3.63) is 57.5 Å². The number of benzene rings is 2. The average Bonchev–Trinajstić information content (AvgIpc) is 2.47. The van der Waals surface area contributed by atoms with E-state index in [1.54, 1.807) is 0 Å². The van der Waals surface area contributed by atoms with Crippen LogP contribution >= 0.6 is 27.5 Å². The van der Waals surface area contributed by atoms with Gasteiger partial charge in [-0.25, -0.2) is 0 Å². The van der Waals surface area contributed by atoms with Gasteiger partial charge in [0.05, 0.1) is 11.4 Å². The molecule has 0 radical (unpaired) electrons. The first-order valence-electron chi connectivity index (χ1n) is 6.53. The summed E-state index contributed by atoms with van der Waals surface area (Å²) in [7, 11) is 3.81. The van der Waals surface area contributed by atoms with Gasteiger partial charge in [-0.15, -0.1) is 0 Å². The van der Waals surface area contributed by atoms with Crippen LogP contribution in [0.15, 0.2) is 52.0 Å². The molecule has 0 spiro atoms. The molecule has 2 rings (SSSR count). The second kappa shape index (κ2) is 6.96. The molecule has 21 heavy (non-hydrogen) atoms. The predicted molar refractivity (Wildman–Crippen MR) is 95.8 cm³/mol. The fourth-order valence-electron chi connectivity index (χ4n) is 2.03. The minimum Gasteiger partial charge on any atom is -0.388 e. The van der Waals surface area contributed by atoms with E-state index in [0.717, 1.165) is 27.1 Å². The van der Waals surface area contributed by atoms with Crippen molar-refractivity contribution in [2.45, 2.75) is 6.92 Å². The van der Waals surface area contributed by atoms with Gasteiger partial charge in [0, 0.05) is 34.8 Å². The summed E-state index contributed by atoms with van der Waals surface area (Å²) in [5.74, 6) is 0. The number of hydrazone groups is 1. The van der Waals surface area contributed by atoms with Crippen LogP contribution in [0.3, 0.4) is 0 Å². The van der Waals surface area contributed by atoms with Gasteiger partial charge in [0.15, 0.2) is 0 Å². The van der Waals surface area contributed by atoms with Crippen molar-refractivity contribution in [2.24, 2.45) is 5.10 Å². The Morgan fingerprint density at radius 2 is 1.86 bits per heavy atom. The normalized spacial score (nSPS) is 11.4. The van der Waals surface area contributed by atoms with Crippen LogP contribution in [0.2, 0.25) is 5.02 Å². The van der Waals surface area contributed by atoms with Gasteiger partial charge in [0.1, 0.15) is 0 Å². The molecule has 5 heteroatoms. The summed E-state index contributed by atoms with van der Waals surface area (Å²) in [5, 5.41) is 10.3. The van der Waals surface area contributed by atoms with E-state index in [1.165, 1.54) is 0 Å². The molecule has 2 aromatic carbocycles. The number of rotatable bonds is 4. The first-order chi connectivity index (χ1) is 10.0. The van der Waals surface area contributed by atoms with Crippen molar-refractivity contribution in [1.29, 1.82) is 0 Å². The molecule has 3 nitrogen and oxygen atoms in total. The number of nitrogens with one attached hydrogen (secondary N) is 1. The van der Waals surface area contributed by atoms with Crippen LogP contribution in [0.1, 0.15) is 12.5 Å². The van der Waals surface area contributed by atoms with Crippen molar-refractivity contribution in [3.8, 4) is 0 Å². The van der Waals surface area contributed by atoms with Crippen LogP contribution in [0.4, 0.5) is 11.4 Å². The molecule has 0 saturated carbocycles. The molecule has 110 valence electrons. The molecule has 2 aromatic rings. The highest BCUT2D eigenvalue weighted by molar-refractivity contribution is 9.10. The van der Waals surface area contributed by atoms with Gasteiger partial charge < -0.3 is 5.32 Å². The maximum Gasteiger partial charge on any atom is 0.0672 e. The van der Waals surface area contributed by atoms with Gasteiger partial charge in [0.25, 0.3) is 0 Å². The highest BCUT2D eigenvalue weighted by atomic mass is 79.9. The highest BCUT2D eigenvalue weighted by Crippen LogP contribution is 2.22. The molecule has 0 aliphatic heterocycles. The molecule has 0 unspecified atom stereocenters. The minimum absolute atomic E-state index is 0.699. The van der Waals surface area contributed by atoms with E-state index in [2.05, 4.69) is 26.3 Å². The molecular formula is C16H17BrClN3. The number of hydrogen-bond acceptors (Lipinski definition) is 3. The summed E-state index contributed by atoms with van der Waals surface area (Å²) in [4.78, 5) is 0. The Kier molecular flexibility index (Phi) is 5.26. The number of halogens is 2. The van der Waals surface area contributed by atoms with E-state index >= 15 is 0 Å². The zero-order chi connectivity index (χ0) is 15.4. The SMILES string of the molecule is CNc1ccc(Cl)cc1/C(C)=N\N(C)c1ccc(Br)cc1. The number of hydrogen-bond donors (Lipinski definition) is 1. The zero-order valence-corrected chi connectivity index (χ0v) is 14.5. The highest BCUT2D eigenvalue weighted by Gasteiger charge is 2.07. The molecular weight excluding hydrogens is 350 g/mol. The van der Waals surface area contributed by atoms with Gasteiger partial charge in [-0.1, -0.05) is 27.5 Å².